The van der Waals surface area contributed by atoms with Gasteiger partial charge in [-0.2, -0.15) is 5.11 Å². The Morgan fingerprint density at radius 3 is 2.27 bits per heavy atom. The molecule has 4 rings (SSSR count). The number of benzene rings is 2. The molecule has 0 radical (unpaired) electrons. The molecule has 0 bridgehead atoms. The van der Waals surface area contributed by atoms with Gasteiger partial charge in [-0.1, -0.05) is 48.0 Å². The van der Waals surface area contributed by atoms with Gasteiger partial charge < -0.3 is 0 Å². The molecular weight excluding hydrogens is 352 g/mol. The minimum Gasteiger partial charge on any atom is -0.271 e. The van der Waals surface area contributed by atoms with Crippen LogP contribution in [0.5, 0.6) is 0 Å². The quantitative estimate of drug-likeness (QED) is 0.777. The highest BCUT2D eigenvalue weighted by Gasteiger charge is 2.54. The second kappa shape index (κ2) is 6.53. The average molecular weight is 369 g/mol. The Morgan fingerprint density at radius 1 is 0.962 bits per heavy atom. The van der Waals surface area contributed by atoms with Crippen LogP contribution in [-0.4, -0.2) is 28.9 Å². The zero-order valence-electron chi connectivity index (χ0n) is 14.2. The van der Waals surface area contributed by atoms with E-state index in [4.69, 9.17) is 11.6 Å². The second-order valence-corrected chi connectivity index (χ2v) is 6.79. The van der Waals surface area contributed by atoms with Gasteiger partial charge in [-0.05, 0) is 41.8 Å². The molecule has 2 atom stereocenters. The number of carbonyl (C=O) groups excluding carboxylic acids is 2. The number of amides is 2. The zero-order valence-corrected chi connectivity index (χ0v) is 14.9. The molecule has 6 nitrogen and oxygen atoms in total. The van der Waals surface area contributed by atoms with Gasteiger partial charge in [-0.3, -0.25) is 14.6 Å². The van der Waals surface area contributed by atoms with Crippen LogP contribution in [0.4, 0.5) is 5.69 Å². The molecule has 1 fully saturated rings. The molecule has 2 aliphatic heterocycles. The summed E-state index contributed by atoms with van der Waals surface area (Å²) in [5, 5.41) is 10.3. The fourth-order valence-corrected chi connectivity index (χ4v) is 3.39. The number of aryl methyl sites for hydroxylation is 1. The fourth-order valence-electron chi connectivity index (χ4n) is 3.27. The van der Waals surface area contributed by atoms with E-state index in [1.165, 1.54) is 4.90 Å². The first-order chi connectivity index (χ1) is 12.6. The molecule has 2 aromatic rings. The number of rotatable bonds is 4. The van der Waals surface area contributed by atoms with E-state index in [2.05, 4.69) is 17.3 Å². The summed E-state index contributed by atoms with van der Waals surface area (Å²) in [6.45, 7) is 2.45. The normalized spacial score (nSPS) is 21.6. The van der Waals surface area contributed by atoms with Crippen molar-refractivity contribution in [2.24, 2.45) is 10.3 Å². The van der Waals surface area contributed by atoms with Gasteiger partial charge in [0.05, 0.1) is 12.2 Å². The summed E-state index contributed by atoms with van der Waals surface area (Å²) in [7, 11) is 0. The largest absolute Gasteiger partial charge is 0.271 e. The van der Waals surface area contributed by atoms with Gasteiger partial charge in [0.1, 0.15) is 0 Å². The first-order valence-corrected chi connectivity index (χ1v) is 8.85. The maximum Gasteiger partial charge on any atom is 0.263 e. The van der Waals surface area contributed by atoms with Gasteiger partial charge in [-0.15, -0.1) is 0 Å². The lowest BCUT2D eigenvalue weighted by atomic mass is 10.1. The number of halogens is 1. The highest BCUT2D eigenvalue weighted by atomic mass is 35.5. The molecule has 0 saturated carbocycles. The van der Waals surface area contributed by atoms with Crippen molar-refractivity contribution in [1.29, 1.82) is 0 Å². The van der Waals surface area contributed by atoms with Gasteiger partial charge >= 0.3 is 0 Å². The van der Waals surface area contributed by atoms with Crippen molar-refractivity contribution in [3.05, 3.63) is 64.7 Å². The third-order valence-corrected chi connectivity index (χ3v) is 4.97. The van der Waals surface area contributed by atoms with Crippen LogP contribution in [0, 0.1) is 0 Å². The predicted octanol–water partition coefficient (Wildman–Crippen LogP) is 3.40. The number of fused-ring (bicyclic) bond motifs is 1. The van der Waals surface area contributed by atoms with Crippen LogP contribution in [0.15, 0.2) is 58.9 Å². The van der Waals surface area contributed by atoms with E-state index in [0.29, 0.717) is 17.3 Å². The monoisotopic (exact) mass is 368 g/mol. The van der Waals surface area contributed by atoms with E-state index in [1.54, 1.807) is 29.3 Å². The molecule has 2 heterocycles. The summed E-state index contributed by atoms with van der Waals surface area (Å²) in [5.41, 5.74) is 2.67. The maximum absolute atomic E-state index is 12.9. The summed E-state index contributed by atoms with van der Waals surface area (Å²) in [4.78, 5) is 26.9. The Labute approximate surface area is 156 Å². The lowest BCUT2D eigenvalue weighted by Gasteiger charge is -2.20. The second-order valence-electron chi connectivity index (χ2n) is 6.35. The maximum atomic E-state index is 12.9. The summed E-state index contributed by atoms with van der Waals surface area (Å²) in [5.74, 6) is -0.616. The van der Waals surface area contributed by atoms with E-state index in [9.17, 15) is 9.59 Å². The lowest BCUT2D eigenvalue weighted by molar-refractivity contribution is -0.123. The first kappa shape index (κ1) is 16.7. The first-order valence-electron chi connectivity index (χ1n) is 8.47. The van der Waals surface area contributed by atoms with Crippen LogP contribution < -0.4 is 4.90 Å². The molecule has 2 amide bonds. The van der Waals surface area contributed by atoms with E-state index >= 15 is 0 Å². The minimum atomic E-state index is -0.777. The standard InChI is InChI=1S/C19H17ClN4O2/c1-2-12-5-9-15(10-6-12)24-18(25)16-17(19(24)26)23(22-21-16)11-13-3-7-14(20)8-4-13/h3-10,16-17H,2,11H2,1H3/t16-,17-/m0/s1. The molecule has 2 aromatic carbocycles. The van der Waals surface area contributed by atoms with E-state index in [1.807, 2.05) is 24.3 Å². The molecule has 132 valence electrons. The zero-order chi connectivity index (χ0) is 18.3. The van der Waals surface area contributed by atoms with Crippen molar-refractivity contribution in [3.63, 3.8) is 0 Å². The summed E-state index contributed by atoms with van der Waals surface area (Å²) in [6.07, 6.45) is 0.899. The summed E-state index contributed by atoms with van der Waals surface area (Å²) >= 11 is 5.91. The average Bonchev–Trinajstić information content (AvgIpc) is 3.17. The molecular formula is C19H17ClN4O2. The molecule has 0 aliphatic carbocycles. The van der Waals surface area contributed by atoms with Crippen molar-refractivity contribution in [3.8, 4) is 0 Å². The van der Waals surface area contributed by atoms with Crippen molar-refractivity contribution < 1.29 is 9.59 Å². The van der Waals surface area contributed by atoms with Crippen molar-refractivity contribution in [1.82, 2.24) is 5.01 Å². The Hall–Kier alpha value is -2.73. The van der Waals surface area contributed by atoms with Crippen molar-refractivity contribution in [2.45, 2.75) is 32.0 Å². The number of hydrogen-bond acceptors (Lipinski definition) is 5. The number of imide groups is 1. The third kappa shape index (κ3) is 2.76. The lowest BCUT2D eigenvalue weighted by Crippen LogP contribution is -2.39. The molecule has 7 heteroatoms. The van der Waals surface area contributed by atoms with Crippen molar-refractivity contribution >= 4 is 29.1 Å². The van der Waals surface area contributed by atoms with E-state index in [-0.39, 0.29) is 11.8 Å². The van der Waals surface area contributed by atoms with E-state index in [0.717, 1.165) is 17.5 Å². The number of nitrogens with zero attached hydrogens (tertiary/aromatic N) is 4. The van der Waals surface area contributed by atoms with E-state index < -0.39 is 12.1 Å². The van der Waals surface area contributed by atoms with Gasteiger partial charge in [0.15, 0.2) is 12.1 Å². The Balaban J connectivity index is 1.57. The highest BCUT2D eigenvalue weighted by Crippen LogP contribution is 2.33. The summed E-state index contributed by atoms with van der Waals surface area (Å²) in [6, 6.07) is 13.3. The van der Waals surface area contributed by atoms with Gasteiger partial charge in [0.25, 0.3) is 11.8 Å². The molecule has 2 aliphatic rings. The van der Waals surface area contributed by atoms with Crippen LogP contribution in [0.25, 0.3) is 0 Å². The molecule has 0 aromatic heterocycles. The van der Waals surface area contributed by atoms with Gasteiger partial charge in [0, 0.05) is 5.02 Å². The van der Waals surface area contributed by atoms with Crippen LogP contribution in [0.2, 0.25) is 5.02 Å². The molecule has 0 unspecified atom stereocenters. The van der Waals surface area contributed by atoms with Gasteiger partial charge in [0.2, 0.25) is 0 Å². The molecule has 1 saturated heterocycles. The summed E-state index contributed by atoms with van der Waals surface area (Å²) < 4.78 is 0. The number of carbonyl (C=O) groups is 2. The van der Waals surface area contributed by atoms with Crippen LogP contribution in [-0.2, 0) is 22.6 Å². The van der Waals surface area contributed by atoms with Crippen molar-refractivity contribution in [2.75, 3.05) is 4.90 Å². The Kier molecular flexibility index (Phi) is 4.20. The number of anilines is 1. The predicted molar refractivity (Wildman–Crippen MR) is 97.7 cm³/mol. The smallest absolute Gasteiger partial charge is 0.263 e. The SMILES string of the molecule is CCc1ccc(N2C(=O)[C@H]3N=NN(Cc4ccc(Cl)cc4)[C@@H]3C2=O)cc1. The topological polar surface area (TPSA) is 65.3 Å². The Bertz CT molecular complexity index is 879. The van der Waals surface area contributed by atoms with Crippen LogP contribution in [0.3, 0.4) is 0 Å². The van der Waals surface area contributed by atoms with Crippen LogP contribution >= 0.6 is 11.6 Å². The molecule has 0 N–H and O–H groups in total. The molecule has 0 spiro atoms. The Morgan fingerprint density at radius 2 is 1.62 bits per heavy atom. The van der Waals surface area contributed by atoms with Crippen LogP contribution in [0.1, 0.15) is 18.1 Å². The third-order valence-electron chi connectivity index (χ3n) is 4.72. The number of hydrogen-bond donors (Lipinski definition) is 0. The minimum absolute atomic E-state index is 0.289. The fraction of sp³-hybridized carbons (Fsp3) is 0.263. The molecule has 26 heavy (non-hydrogen) atoms. The van der Waals surface area contributed by atoms with Gasteiger partial charge in [-0.25, -0.2) is 4.90 Å². The highest BCUT2D eigenvalue weighted by molar-refractivity contribution is 6.30.